The van der Waals surface area contributed by atoms with Crippen molar-refractivity contribution >= 4 is 34.9 Å². The highest BCUT2D eigenvalue weighted by Crippen LogP contribution is 2.30. The fourth-order valence-electron chi connectivity index (χ4n) is 1.46. The van der Waals surface area contributed by atoms with Gasteiger partial charge in [-0.05, 0) is 31.4 Å². The van der Waals surface area contributed by atoms with Gasteiger partial charge in [-0.1, -0.05) is 23.2 Å². The van der Waals surface area contributed by atoms with E-state index < -0.39 is 5.97 Å². The van der Waals surface area contributed by atoms with E-state index in [4.69, 9.17) is 33.7 Å². The van der Waals surface area contributed by atoms with E-state index in [1.165, 1.54) is 12.1 Å². The SMILES string of the molecule is Nc1c(Cl)cc(Cl)cc1C(=O)OC1CCC1. The van der Waals surface area contributed by atoms with Crippen LogP contribution in [0.1, 0.15) is 29.6 Å². The number of carbonyl (C=O) groups excluding carboxylic acids is 1. The van der Waals surface area contributed by atoms with Crippen molar-refractivity contribution in [3.05, 3.63) is 27.7 Å². The van der Waals surface area contributed by atoms with Gasteiger partial charge in [-0.25, -0.2) is 4.79 Å². The molecule has 0 unspecified atom stereocenters. The van der Waals surface area contributed by atoms with Gasteiger partial charge in [0.05, 0.1) is 16.3 Å². The molecule has 3 nitrogen and oxygen atoms in total. The first kappa shape index (κ1) is 11.6. The first-order chi connectivity index (χ1) is 7.58. The number of benzene rings is 1. The van der Waals surface area contributed by atoms with Gasteiger partial charge in [-0.2, -0.15) is 0 Å². The number of hydrogen-bond donors (Lipinski definition) is 1. The molecule has 1 aliphatic carbocycles. The zero-order valence-electron chi connectivity index (χ0n) is 8.50. The molecule has 0 bridgehead atoms. The molecular weight excluding hydrogens is 249 g/mol. The Morgan fingerprint density at radius 3 is 2.62 bits per heavy atom. The van der Waals surface area contributed by atoms with Crippen molar-refractivity contribution in [1.82, 2.24) is 0 Å². The topological polar surface area (TPSA) is 52.3 Å². The van der Waals surface area contributed by atoms with Crippen LogP contribution in [0.4, 0.5) is 5.69 Å². The summed E-state index contributed by atoms with van der Waals surface area (Å²) < 4.78 is 5.23. The third-order valence-electron chi connectivity index (χ3n) is 2.64. The van der Waals surface area contributed by atoms with Crippen LogP contribution >= 0.6 is 23.2 Å². The monoisotopic (exact) mass is 259 g/mol. The fourth-order valence-corrected chi connectivity index (χ4v) is 1.95. The molecule has 1 aromatic rings. The molecule has 0 saturated heterocycles. The predicted molar refractivity (Wildman–Crippen MR) is 63.9 cm³/mol. The van der Waals surface area contributed by atoms with Crippen LogP contribution in [0.15, 0.2) is 12.1 Å². The van der Waals surface area contributed by atoms with Gasteiger partial charge in [0.25, 0.3) is 0 Å². The van der Waals surface area contributed by atoms with Crippen LogP contribution in [0.3, 0.4) is 0 Å². The van der Waals surface area contributed by atoms with Crippen LogP contribution in [0.25, 0.3) is 0 Å². The van der Waals surface area contributed by atoms with E-state index in [0.29, 0.717) is 5.02 Å². The predicted octanol–water partition coefficient (Wildman–Crippen LogP) is 3.28. The third-order valence-corrected chi connectivity index (χ3v) is 3.17. The highest BCUT2D eigenvalue weighted by Gasteiger charge is 2.24. The Morgan fingerprint density at radius 1 is 1.38 bits per heavy atom. The molecular formula is C11H11Cl2NO2. The summed E-state index contributed by atoms with van der Waals surface area (Å²) in [5.41, 5.74) is 6.15. The molecule has 1 saturated carbocycles. The van der Waals surface area contributed by atoms with Gasteiger partial charge in [0.2, 0.25) is 0 Å². The molecule has 1 aliphatic rings. The number of halogens is 2. The standard InChI is InChI=1S/C11H11Cl2NO2/c12-6-4-8(10(14)9(13)5-6)11(15)16-7-2-1-3-7/h4-5,7H,1-3,14H2. The van der Waals surface area contributed by atoms with Crippen LogP contribution in [0.5, 0.6) is 0 Å². The lowest BCUT2D eigenvalue weighted by Gasteiger charge is -2.25. The van der Waals surface area contributed by atoms with Gasteiger partial charge >= 0.3 is 5.97 Å². The Bertz CT molecular complexity index is 430. The van der Waals surface area contributed by atoms with E-state index in [9.17, 15) is 4.79 Å². The van der Waals surface area contributed by atoms with Crippen LogP contribution in [0.2, 0.25) is 10.0 Å². The maximum absolute atomic E-state index is 11.8. The normalized spacial score (nSPS) is 15.6. The van der Waals surface area contributed by atoms with Crippen molar-refractivity contribution in [2.45, 2.75) is 25.4 Å². The van der Waals surface area contributed by atoms with E-state index in [0.717, 1.165) is 19.3 Å². The minimum atomic E-state index is -0.452. The van der Waals surface area contributed by atoms with Crippen LogP contribution in [-0.2, 0) is 4.74 Å². The zero-order valence-corrected chi connectivity index (χ0v) is 10.0. The quantitative estimate of drug-likeness (QED) is 0.655. The summed E-state index contributed by atoms with van der Waals surface area (Å²) >= 11 is 11.6. The minimum absolute atomic E-state index is 0.0182. The Hall–Kier alpha value is -0.930. The molecule has 16 heavy (non-hydrogen) atoms. The van der Waals surface area contributed by atoms with Gasteiger partial charge in [-0.3, -0.25) is 0 Å². The largest absolute Gasteiger partial charge is 0.459 e. The summed E-state index contributed by atoms with van der Waals surface area (Å²) in [4.78, 5) is 11.8. The van der Waals surface area contributed by atoms with Crippen LogP contribution < -0.4 is 5.73 Å². The summed E-state index contributed by atoms with van der Waals surface area (Å²) in [5.74, 6) is -0.452. The zero-order chi connectivity index (χ0) is 11.7. The number of nitrogen functional groups attached to an aromatic ring is 1. The van der Waals surface area contributed by atoms with Gasteiger partial charge in [0.1, 0.15) is 6.10 Å². The third kappa shape index (κ3) is 2.25. The Morgan fingerprint density at radius 2 is 2.06 bits per heavy atom. The average molecular weight is 260 g/mol. The fraction of sp³-hybridized carbons (Fsp3) is 0.364. The number of esters is 1. The van der Waals surface area contributed by atoms with E-state index in [-0.39, 0.29) is 22.4 Å². The van der Waals surface area contributed by atoms with Gasteiger partial charge in [0, 0.05) is 5.02 Å². The highest BCUT2D eigenvalue weighted by molar-refractivity contribution is 6.37. The Labute approximate surface area is 103 Å². The second-order valence-corrected chi connectivity index (χ2v) is 4.65. The number of nitrogens with two attached hydrogens (primary N) is 1. The lowest BCUT2D eigenvalue weighted by atomic mass is 9.96. The van der Waals surface area contributed by atoms with Gasteiger partial charge in [-0.15, -0.1) is 0 Å². The van der Waals surface area contributed by atoms with E-state index >= 15 is 0 Å². The smallest absolute Gasteiger partial charge is 0.340 e. The van der Waals surface area contributed by atoms with Gasteiger partial charge < -0.3 is 10.5 Å². The van der Waals surface area contributed by atoms with E-state index in [1.807, 2.05) is 0 Å². The van der Waals surface area contributed by atoms with Crippen molar-refractivity contribution in [2.75, 3.05) is 5.73 Å². The Balaban J connectivity index is 2.21. The summed E-state index contributed by atoms with van der Waals surface area (Å²) in [5, 5.41) is 0.646. The number of hydrogen-bond acceptors (Lipinski definition) is 3. The highest BCUT2D eigenvalue weighted by atomic mass is 35.5. The van der Waals surface area contributed by atoms with Crippen molar-refractivity contribution in [3.8, 4) is 0 Å². The first-order valence-corrected chi connectivity index (χ1v) is 5.79. The minimum Gasteiger partial charge on any atom is -0.459 e. The molecule has 0 heterocycles. The maximum Gasteiger partial charge on any atom is 0.340 e. The summed E-state index contributed by atoms with van der Waals surface area (Å²) in [6.07, 6.45) is 2.95. The second kappa shape index (κ2) is 4.52. The molecule has 86 valence electrons. The van der Waals surface area contributed by atoms with Crippen molar-refractivity contribution < 1.29 is 9.53 Å². The number of carbonyl (C=O) groups is 1. The molecule has 0 spiro atoms. The molecule has 5 heteroatoms. The van der Waals surface area contributed by atoms with Crippen LogP contribution in [0, 0.1) is 0 Å². The second-order valence-electron chi connectivity index (χ2n) is 3.81. The van der Waals surface area contributed by atoms with E-state index in [1.54, 1.807) is 0 Å². The van der Waals surface area contributed by atoms with E-state index in [2.05, 4.69) is 0 Å². The summed E-state index contributed by atoms with van der Waals surface area (Å²) in [7, 11) is 0. The lowest BCUT2D eigenvalue weighted by Crippen LogP contribution is -2.25. The Kier molecular flexibility index (Phi) is 3.26. The lowest BCUT2D eigenvalue weighted by molar-refractivity contribution is 0.00913. The van der Waals surface area contributed by atoms with Crippen molar-refractivity contribution in [3.63, 3.8) is 0 Å². The maximum atomic E-state index is 11.8. The number of rotatable bonds is 2. The van der Waals surface area contributed by atoms with Gasteiger partial charge in [0.15, 0.2) is 0 Å². The molecule has 1 aromatic carbocycles. The molecule has 0 aromatic heterocycles. The van der Waals surface area contributed by atoms with Crippen molar-refractivity contribution in [2.24, 2.45) is 0 Å². The average Bonchev–Trinajstić information content (AvgIpc) is 2.17. The molecule has 0 radical (unpaired) electrons. The molecule has 2 rings (SSSR count). The molecule has 0 amide bonds. The molecule has 0 atom stereocenters. The number of ether oxygens (including phenoxy) is 1. The van der Waals surface area contributed by atoms with Crippen molar-refractivity contribution in [1.29, 1.82) is 0 Å². The summed E-state index contributed by atoms with van der Waals surface area (Å²) in [6.45, 7) is 0. The molecule has 2 N–H and O–H groups in total. The summed E-state index contributed by atoms with van der Waals surface area (Å²) in [6, 6.07) is 2.97. The van der Waals surface area contributed by atoms with Crippen LogP contribution in [-0.4, -0.2) is 12.1 Å². The number of anilines is 1. The molecule has 1 fully saturated rings. The first-order valence-electron chi connectivity index (χ1n) is 5.03. The molecule has 0 aliphatic heterocycles.